The molecule has 1 heterocycles. The van der Waals surface area contributed by atoms with E-state index < -0.39 is 5.97 Å². The molecule has 20 heavy (non-hydrogen) atoms. The molecule has 0 spiro atoms. The number of nitrogens with zero attached hydrogens (tertiary/aromatic N) is 1. The molecule has 2 amide bonds. The summed E-state index contributed by atoms with van der Waals surface area (Å²) in [6.45, 7) is 1.64. The van der Waals surface area contributed by atoms with Gasteiger partial charge in [-0.1, -0.05) is 0 Å². The van der Waals surface area contributed by atoms with Gasteiger partial charge in [0.1, 0.15) is 0 Å². The zero-order valence-electron chi connectivity index (χ0n) is 11.1. The lowest BCUT2D eigenvalue weighted by Crippen LogP contribution is -2.34. The smallest absolute Gasteiger partial charge is 0.305 e. The standard InChI is InChI=1S/C13H16N2O4S/c1-8(16)14-11-5-4-10(20-11)13(19)15(9-2-3-9)7-6-12(17)18/h4-5,9H,2-3,6-7H2,1H3,(H,14,16)(H,17,18). The molecule has 2 rings (SSSR count). The Labute approximate surface area is 120 Å². The van der Waals surface area contributed by atoms with Gasteiger partial charge in [-0.15, -0.1) is 11.3 Å². The molecule has 0 unspecified atom stereocenters. The Morgan fingerprint density at radius 1 is 1.40 bits per heavy atom. The van der Waals surface area contributed by atoms with Gasteiger partial charge in [-0.2, -0.15) is 0 Å². The van der Waals surface area contributed by atoms with E-state index in [1.165, 1.54) is 18.3 Å². The van der Waals surface area contributed by atoms with Crippen LogP contribution in [0.5, 0.6) is 0 Å². The van der Waals surface area contributed by atoms with E-state index in [0.29, 0.717) is 9.88 Å². The lowest BCUT2D eigenvalue weighted by atomic mass is 10.3. The molecule has 1 aromatic heterocycles. The molecule has 1 fully saturated rings. The summed E-state index contributed by atoms with van der Waals surface area (Å²) in [5, 5.41) is 12.0. The highest BCUT2D eigenvalue weighted by molar-refractivity contribution is 7.18. The van der Waals surface area contributed by atoms with Crippen molar-refractivity contribution in [2.24, 2.45) is 0 Å². The van der Waals surface area contributed by atoms with E-state index in [1.807, 2.05) is 0 Å². The summed E-state index contributed by atoms with van der Waals surface area (Å²) < 4.78 is 0. The maximum absolute atomic E-state index is 12.4. The Morgan fingerprint density at radius 2 is 2.10 bits per heavy atom. The maximum Gasteiger partial charge on any atom is 0.305 e. The number of carbonyl (C=O) groups is 3. The van der Waals surface area contributed by atoms with Crippen LogP contribution in [0, 0.1) is 0 Å². The first-order valence-electron chi connectivity index (χ1n) is 6.37. The van der Waals surface area contributed by atoms with E-state index >= 15 is 0 Å². The molecule has 0 radical (unpaired) electrons. The van der Waals surface area contributed by atoms with Gasteiger partial charge in [0.15, 0.2) is 0 Å². The number of carboxylic acids is 1. The number of anilines is 1. The maximum atomic E-state index is 12.4. The number of rotatable bonds is 6. The van der Waals surface area contributed by atoms with Crippen LogP contribution >= 0.6 is 11.3 Å². The van der Waals surface area contributed by atoms with Gasteiger partial charge in [-0.25, -0.2) is 0 Å². The minimum Gasteiger partial charge on any atom is -0.481 e. The van der Waals surface area contributed by atoms with Gasteiger partial charge in [-0.3, -0.25) is 14.4 Å². The van der Waals surface area contributed by atoms with Gasteiger partial charge in [0.25, 0.3) is 5.91 Å². The van der Waals surface area contributed by atoms with E-state index in [2.05, 4.69) is 5.32 Å². The van der Waals surface area contributed by atoms with Gasteiger partial charge >= 0.3 is 5.97 Å². The van der Waals surface area contributed by atoms with E-state index in [0.717, 1.165) is 12.8 Å². The number of thiophene rings is 1. The third kappa shape index (κ3) is 3.80. The quantitative estimate of drug-likeness (QED) is 0.838. The molecule has 7 heteroatoms. The predicted molar refractivity (Wildman–Crippen MR) is 74.9 cm³/mol. The molecule has 0 bridgehead atoms. The molecule has 0 aromatic carbocycles. The van der Waals surface area contributed by atoms with Gasteiger partial charge < -0.3 is 15.3 Å². The van der Waals surface area contributed by atoms with E-state index in [4.69, 9.17) is 5.11 Å². The van der Waals surface area contributed by atoms with Crippen LogP contribution in [-0.4, -0.2) is 40.4 Å². The summed E-state index contributed by atoms with van der Waals surface area (Å²) >= 11 is 1.21. The van der Waals surface area contributed by atoms with Crippen LogP contribution in [0.25, 0.3) is 0 Å². The Hall–Kier alpha value is -1.89. The molecule has 2 N–H and O–H groups in total. The van der Waals surface area contributed by atoms with Crippen molar-refractivity contribution in [2.45, 2.75) is 32.2 Å². The van der Waals surface area contributed by atoms with Crippen LogP contribution in [0.2, 0.25) is 0 Å². The Kier molecular flexibility index (Phi) is 4.39. The summed E-state index contributed by atoms with van der Waals surface area (Å²) in [5.41, 5.74) is 0. The number of hydrogen-bond donors (Lipinski definition) is 2. The van der Waals surface area contributed by atoms with E-state index in [1.54, 1.807) is 17.0 Å². The first-order valence-corrected chi connectivity index (χ1v) is 7.19. The molecular weight excluding hydrogens is 280 g/mol. The van der Waals surface area contributed by atoms with Crippen molar-refractivity contribution in [1.82, 2.24) is 4.90 Å². The molecule has 1 aromatic rings. The molecule has 0 saturated heterocycles. The fraction of sp³-hybridized carbons (Fsp3) is 0.462. The van der Waals surface area contributed by atoms with Crippen LogP contribution in [0.3, 0.4) is 0 Å². The highest BCUT2D eigenvalue weighted by Gasteiger charge is 2.33. The van der Waals surface area contributed by atoms with Crippen molar-refractivity contribution >= 4 is 34.1 Å². The van der Waals surface area contributed by atoms with Gasteiger partial charge in [0.05, 0.1) is 16.3 Å². The Balaban J connectivity index is 2.04. The summed E-state index contributed by atoms with van der Waals surface area (Å²) in [7, 11) is 0. The van der Waals surface area contributed by atoms with Gasteiger partial charge in [0.2, 0.25) is 5.91 Å². The average molecular weight is 296 g/mol. The molecule has 1 aliphatic rings. The largest absolute Gasteiger partial charge is 0.481 e. The van der Waals surface area contributed by atoms with Crippen molar-refractivity contribution < 1.29 is 19.5 Å². The third-order valence-electron chi connectivity index (χ3n) is 2.93. The topological polar surface area (TPSA) is 86.7 Å². The summed E-state index contributed by atoms with van der Waals surface area (Å²) in [6, 6.07) is 3.50. The van der Waals surface area contributed by atoms with Gasteiger partial charge in [-0.05, 0) is 25.0 Å². The SMILES string of the molecule is CC(=O)Nc1ccc(C(=O)N(CCC(=O)O)C2CC2)s1. The second-order valence-electron chi connectivity index (χ2n) is 4.72. The van der Waals surface area contributed by atoms with Crippen molar-refractivity contribution in [1.29, 1.82) is 0 Å². The zero-order valence-corrected chi connectivity index (χ0v) is 11.9. The highest BCUT2D eigenvalue weighted by Crippen LogP contribution is 2.31. The molecule has 108 valence electrons. The van der Waals surface area contributed by atoms with Crippen LogP contribution in [0.4, 0.5) is 5.00 Å². The molecule has 6 nitrogen and oxygen atoms in total. The van der Waals surface area contributed by atoms with Crippen molar-refractivity contribution in [3.8, 4) is 0 Å². The lowest BCUT2D eigenvalue weighted by Gasteiger charge is -2.20. The number of hydrogen-bond acceptors (Lipinski definition) is 4. The number of aliphatic carboxylic acids is 1. The lowest BCUT2D eigenvalue weighted by molar-refractivity contribution is -0.137. The van der Waals surface area contributed by atoms with Crippen LogP contribution in [-0.2, 0) is 9.59 Å². The fourth-order valence-electron chi connectivity index (χ4n) is 1.89. The second-order valence-corrected chi connectivity index (χ2v) is 5.80. The number of carboxylic acid groups (broad SMARTS) is 1. The minimum atomic E-state index is -0.909. The first kappa shape index (κ1) is 14.5. The van der Waals surface area contributed by atoms with Gasteiger partial charge in [0, 0.05) is 19.5 Å². The second kappa shape index (κ2) is 6.04. The van der Waals surface area contributed by atoms with Crippen LogP contribution < -0.4 is 5.32 Å². The first-order chi connectivity index (χ1) is 9.47. The highest BCUT2D eigenvalue weighted by atomic mass is 32.1. The predicted octanol–water partition coefficient (Wildman–Crippen LogP) is 1.79. The molecule has 1 saturated carbocycles. The monoisotopic (exact) mass is 296 g/mol. The number of amides is 2. The summed E-state index contributed by atoms with van der Waals surface area (Å²) in [5.74, 6) is -1.25. The van der Waals surface area contributed by atoms with Crippen molar-refractivity contribution in [3.63, 3.8) is 0 Å². The fourth-order valence-corrected chi connectivity index (χ4v) is 2.80. The van der Waals surface area contributed by atoms with Crippen molar-refractivity contribution in [2.75, 3.05) is 11.9 Å². The van der Waals surface area contributed by atoms with Crippen LogP contribution in [0.15, 0.2) is 12.1 Å². The summed E-state index contributed by atoms with van der Waals surface area (Å²) in [4.78, 5) is 36.1. The van der Waals surface area contributed by atoms with E-state index in [9.17, 15) is 14.4 Å². The molecule has 0 aliphatic heterocycles. The number of nitrogens with one attached hydrogen (secondary N) is 1. The van der Waals surface area contributed by atoms with Crippen molar-refractivity contribution in [3.05, 3.63) is 17.0 Å². The third-order valence-corrected chi connectivity index (χ3v) is 3.92. The minimum absolute atomic E-state index is 0.0494. The Bertz CT molecular complexity index is 536. The normalized spacial score (nSPS) is 13.8. The molecular formula is C13H16N2O4S. The molecule has 0 atom stereocenters. The Morgan fingerprint density at radius 3 is 2.65 bits per heavy atom. The zero-order chi connectivity index (χ0) is 14.7. The summed E-state index contributed by atoms with van der Waals surface area (Å²) in [6.07, 6.45) is 1.80. The van der Waals surface area contributed by atoms with Crippen LogP contribution in [0.1, 0.15) is 35.9 Å². The average Bonchev–Trinajstić information content (AvgIpc) is 3.08. The number of carbonyl (C=O) groups excluding carboxylic acids is 2. The molecule has 1 aliphatic carbocycles. The van der Waals surface area contributed by atoms with E-state index in [-0.39, 0.29) is 30.8 Å².